The highest BCUT2D eigenvalue weighted by Crippen LogP contribution is 2.44. The Labute approximate surface area is 203 Å². The minimum atomic E-state index is -4.78. The molecule has 0 bridgehead atoms. The summed E-state index contributed by atoms with van der Waals surface area (Å²) in [5.74, 6) is 0.0195. The van der Waals surface area contributed by atoms with Crippen molar-refractivity contribution < 1.29 is 32.5 Å². The van der Waals surface area contributed by atoms with Crippen molar-refractivity contribution in [1.29, 1.82) is 5.26 Å². The maximum absolute atomic E-state index is 13.7. The number of carbonyl (C=O) groups is 1. The molecule has 12 heteroatoms. The van der Waals surface area contributed by atoms with Gasteiger partial charge in [0.2, 0.25) is 0 Å². The molecule has 0 aromatic heterocycles. The Morgan fingerprint density at radius 3 is 2.69 bits per heavy atom. The van der Waals surface area contributed by atoms with Gasteiger partial charge in [-0.15, -0.1) is 0 Å². The minimum Gasteiger partial charge on any atom is -0.484 e. The number of nitrogens with zero attached hydrogens (tertiary/aromatic N) is 3. The van der Waals surface area contributed by atoms with E-state index in [0.717, 1.165) is 17.0 Å². The molecule has 35 heavy (non-hydrogen) atoms. The molecule has 2 atom stereocenters. The lowest BCUT2D eigenvalue weighted by molar-refractivity contribution is -0.137. The summed E-state index contributed by atoms with van der Waals surface area (Å²) in [7, 11) is 0. The average molecular weight is 504 g/mol. The molecule has 0 radical (unpaired) electrons. The van der Waals surface area contributed by atoms with Crippen molar-refractivity contribution in [3.63, 3.8) is 0 Å². The molecule has 1 spiro atoms. The molecule has 0 unspecified atom stereocenters. The molecule has 2 aromatic carbocycles. The van der Waals surface area contributed by atoms with Gasteiger partial charge in [0.25, 0.3) is 5.91 Å². The van der Waals surface area contributed by atoms with Gasteiger partial charge < -0.3 is 24.8 Å². The van der Waals surface area contributed by atoms with E-state index in [1.54, 1.807) is 29.2 Å². The molecule has 3 heterocycles. The molecule has 2 saturated heterocycles. The first-order chi connectivity index (χ1) is 16.7. The second-order valence-electron chi connectivity index (χ2n) is 8.42. The number of amides is 1. The number of ether oxygens (including phenoxy) is 2. The monoisotopic (exact) mass is 504 g/mol. The first kappa shape index (κ1) is 23.3. The topological polar surface area (TPSA) is 98.1 Å². The van der Waals surface area contributed by atoms with Gasteiger partial charge >= 0.3 is 6.18 Å². The highest BCUT2D eigenvalue weighted by molar-refractivity contribution is 7.81. The summed E-state index contributed by atoms with van der Waals surface area (Å²) >= 11 is 5.65. The van der Waals surface area contributed by atoms with Gasteiger partial charge in [0.05, 0.1) is 48.3 Å². The van der Waals surface area contributed by atoms with Gasteiger partial charge in [0, 0.05) is 18.7 Å². The van der Waals surface area contributed by atoms with Crippen LogP contribution in [-0.4, -0.2) is 54.1 Å². The standard InChI is InChI=1S/C23H19F3N4O4S/c24-23(25,26)17-7-14(2-1-13(17)9-27)29-20(32)22(5-6-33-12-22)30(21(29)35)15-3-4-19-18(8-15)28-10-16(11-31)34-19/h1-4,7-8,16,28,31H,5-6,10-12H2/t16-,22+/m1/s1. The number of aliphatic hydroxyl groups is 1. The highest BCUT2D eigenvalue weighted by atomic mass is 32.1. The zero-order valence-electron chi connectivity index (χ0n) is 18.1. The maximum Gasteiger partial charge on any atom is 0.417 e. The smallest absolute Gasteiger partial charge is 0.417 e. The highest BCUT2D eigenvalue weighted by Gasteiger charge is 2.58. The number of nitrogens with one attached hydrogen (secondary N) is 1. The van der Waals surface area contributed by atoms with Crippen LogP contribution < -0.4 is 19.9 Å². The third kappa shape index (κ3) is 3.67. The van der Waals surface area contributed by atoms with Gasteiger partial charge in [0.1, 0.15) is 11.9 Å². The Morgan fingerprint density at radius 1 is 1.26 bits per heavy atom. The third-order valence-corrected chi connectivity index (χ3v) is 6.70. The fraction of sp³-hybridized carbons (Fsp3) is 0.348. The van der Waals surface area contributed by atoms with Gasteiger partial charge in [0.15, 0.2) is 10.7 Å². The SMILES string of the molecule is N#Cc1ccc(N2C(=O)[C@@]3(CCOC3)N(c3ccc4c(c3)NC[C@H](CO)O4)C2=S)cc1C(F)(F)F. The number of hydrogen-bond donors (Lipinski definition) is 2. The van der Waals surface area contributed by atoms with Crippen molar-refractivity contribution in [2.45, 2.75) is 24.2 Å². The van der Waals surface area contributed by atoms with Crippen LogP contribution in [0.15, 0.2) is 36.4 Å². The van der Waals surface area contributed by atoms with Crippen molar-refractivity contribution in [1.82, 2.24) is 0 Å². The van der Waals surface area contributed by atoms with Crippen LogP contribution in [0.2, 0.25) is 0 Å². The number of thiocarbonyl (C=S) groups is 1. The molecule has 0 saturated carbocycles. The van der Waals surface area contributed by atoms with Crippen molar-refractivity contribution in [3.8, 4) is 11.8 Å². The number of nitriles is 1. The van der Waals surface area contributed by atoms with Gasteiger partial charge in [-0.05, 0) is 48.6 Å². The second kappa shape index (κ2) is 8.37. The van der Waals surface area contributed by atoms with Crippen LogP contribution in [0, 0.1) is 11.3 Å². The molecular formula is C23H19F3N4O4S. The zero-order chi connectivity index (χ0) is 25.0. The Hall–Kier alpha value is -3.40. The Kier molecular flexibility index (Phi) is 5.58. The zero-order valence-corrected chi connectivity index (χ0v) is 18.9. The average Bonchev–Trinajstić information content (AvgIpc) is 3.41. The summed E-state index contributed by atoms with van der Waals surface area (Å²) in [6.45, 7) is 0.518. The van der Waals surface area contributed by atoms with Crippen molar-refractivity contribution >= 4 is 40.3 Å². The van der Waals surface area contributed by atoms with Gasteiger partial charge in [-0.1, -0.05) is 0 Å². The largest absolute Gasteiger partial charge is 0.484 e. The maximum atomic E-state index is 13.7. The van der Waals surface area contributed by atoms with E-state index >= 15 is 0 Å². The van der Waals surface area contributed by atoms with Crippen LogP contribution in [0.25, 0.3) is 0 Å². The van der Waals surface area contributed by atoms with Crippen LogP contribution in [0.3, 0.4) is 0 Å². The van der Waals surface area contributed by atoms with Gasteiger partial charge in [-0.3, -0.25) is 9.69 Å². The number of fused-ring (bicyclic) bond motifs is 1. The van der Waals surface area contributed by atoms with E-state index in [0.29, 0.717) is 30.1 Å². The van der Waals surface area contributed by atoms with E-state index in [1.807, 2.05) is 0 Å². The van der Waals surface area contributed by atoms with Crippen LogP contribution in [0.4, 0.5) is 30.2 Å². The van der Waals surface area contributed by atoms with E-state index < -0.39 is 34.9 Å². The number of benzene rings is 2. The van der Waals surface area contributed by atoms with Crippen molar-refractivity contribution in [3.05, 3.63) is 47.5 Å². The van der Waals surface area contributed by atoms with Gasteiger partial charge in [-0.25, -0.2) is 0 Å². The molecule has 2 fully saturated rings. The first-order valence-electron chi connectivity index (χ1n) is 10.7. The summed E-state index contributed by atoms with van der Waals surface area (Å²) in [6.07, 6.45) is -4.89. The minimum absolute atomic E-state index is 0.00300. The fourth-order valence-electron chi connectivity index (χ4n) is 4.61. The Bertz CT molecular complexity index is 1260. The number of halogens is 3. The second-order valence-corrected chi connectivity index (χ2v) is 8.78. The van der Waals surface area contributed by atoms with Crippen molar-refractivity contribution in [2.24, 2.45) is 0 Å². The lowest BCUT2D eigenvalue weighted by Crippen LogP contribution is -2.50. The molecule has 182 valence electrons. The van der Waals surface area contributed by atoms with E-state index in [4.69, 9.17) is 27.0 Å². The molecule has 3 aliphatic rings. The number of carbonyl (C=O) groups excluding carboxylic acids is 1. The number of anilines is 3. The summed E-state index contributed by atoms with van der Waals surface area (Å²) < 4.78 is 52.1. The van der Waals surface area contributed by atoms with Crippen LogP contribution >= 0.6 is 12.2 Å². The normalized spacial score (nSPS) is 23.8. The number of hydrogen-bond acceptors (Lipinski definition) is 7. The molecule has 2 aromatic rings. The van der Waals surface area contributed by atoms with E-state index in [9.17, 15) is 23.1 Å². The van der Waals surface area contributed by atoms with E-state index in [2.05, 4.69) is 5.32 Å². The summed E-state index contributed by atoms with van der Waals surface area (Å²) in [4.78, 5) is 16.4. The Balaban J connectivity index is 1.58. The summed E-state index contributed by atoms with van der Waals surface area (Å²) in [5, 5.41) is 21.6. The van der Waals surface area contributed by atoms with Crippen LogP contribution in [-0.2, 0) is 15.7 Å². The molecule has 2 N–H and O–H groups in total. The predicted octanol–water partition coefficient (Wildman–Crippen LogP) is 3.04. The Morgan fingerprint density at radius 2 is 2.03 bits per heavy atom. The molecule has 3 aliphatic heterocycles. The van der Waals surface area contributed by atoms with Crippen LogP contribution in [0.1, 0.15) is 17.5 Å². The first-order valence-corrected chi connectivity index (χ1v) is 11.1. The van der Waals surface area contributed by atoms with Crippen LogP contribution in [0.5, 0.6) is 5.75 Å². The predicted molar refractivity (Wildman–Crippen MR) is 123 cm³/mol. The quantitative estimate of drug-likeness (QED) is 0.616. The molecule has 1 amide bonds. The van der Waals surface area contributed by atoms with Gasteiger partial charge in [-0.2, -0.15) is 18.4 Å². The third-order valence-electron chi connectivity index (χ3n) is 6.34. The lowest BCUT2D eigenvalue weighted by Gasteiger charge is -2.33. The van der Waals surface area contributed by atoms with Crippen molar-refractivity contribution in [2.75, 3.05) is 41.5 Å². The molecule has 0 aliphatic carbocycles. The lowest BCUT2D eigenvalue weighted by atomic mass is 9.95. The summed E-state index contributed by atoms with van der Waals surface area (Å²) in [5.41, 5.74) is -1.81. The number of alkyl halides is 3. The van der Waals surface area contributed by atoms with E-state index in [-0.39, 0.29) is 30.6 Å². The molecular weight excluding hydrogens is 485 g/mol. The molecule has 5 rings (SSSR count). The number of rotatable bonds is 3. The fourth-order valence-corrected chi connectivity index (χ4v) is 5.07. The van der Waals surface area contributed by atoms with E-state index in [1.165, 1.54) is 6.07 Å². The summed E-state index contributed by atoms with van der Waals surface area (Å²) in [6, 6.07) is 9.75. The number of aliphatic hydroxyl groups excluding tert-OH is 1. The molecule has 8 nitrogen and oxygen atoms in total.